The van der Waals surface area contributed by atoms with Gasteiger partial charge in [0, 0.05) is 10.5 Å². The molecule has 0 spiro atoms. The quantitative estimate of drug-likeness (QED) is 0.815. The van der Waals surface area contributed by atoms with Gasteiger partial charge in [-0.05, 0) is 45.0 Å². The summed E-state index contributed by atoms with van der Waals surface area (Å²) in [5, 5.41) is 13.8. The van der Waals surface area contributed by atoms with Crippen LogP contribution in [0.3, 0.4) is 0 Å². The summed E-state index contributed by atoms with van der Waals surface area (Å²) in [7, 11) is 3.42. The Morgan fingerprint density at radius 1 is 1.26 bits per heavy atom. The predicted octanol–water partition coefficient (Wildman–Crippen LogP) is 3.07. The summed E-state index contributed by atoms with van der Waals surface area (Å²) < 4.78 is 12.4. The molecule has 1 aromatic carbocycles. The van der Waals surface area contributed by atoms with Gasteiger partial charge in [-0.15, -0.1) is 5.10 Å². The highest BCUT2D eigenvalue weighted by Gasteiger charge is 2.11. The Bertz CT molecular complexity index is 574. The number of hydrogen-bond acceptors (Lipinski definition) is 6. The molecule has 2 rings (SSSR count). The molecule has 0 fully saturated rings. The van der Waals surface area contributed by atoms with Gasteiger partial charge in [-0.2, -0.15) is 0 Å². The first-order chi connectivity index (χ1) is 9.13. The van der Waals surface area contributed by atoms with Crippen molar-refractivity contribution in [2.75, 3.05) is 19.5 Å². The van der Waals surface area contributed by atoms with Gasteiger partial charge in [0.2, 0.25) is 5.89 Å². The zero-order chi connectivity index (χ0) is 13.8. The molecule has 0 amide bonds. The molecule has 0 bridgehead atoms. The molecule has 8 heteroatoms. The molecule has 19 heavy (non-hydrogen) atoms. The number of methoxy groups -OCH3 is 1. The molecule has 0 radical (unpaired) electrons. The first-order valence-electron chi connectivity index (χ1n) is 5.41. The van der Waals surface area contributed by atoms with Crippen LogP contribution in [-0.4, -0.2) is 24.4 Å². The maximum atomic E-state index is 5.42. The van der Waals surface area contributed by atoms with Crippen LogP contribution in [0.1, 0.15) is 5.89 Å². The molecule has 1 aromatic heterocycles. The minimum Gasteiger partial charge on any atom is -0.495 e. The molecule has 0 saturated carbocycles. The molecule has 0 unspecified atom stereocenters. The number of nitrogens with zero attached hydrogens (tertiary/aromatic N) is 2. The number of benzene rings is 1. The topological polar surface area (TPSA) is 72.2 Å². The van der Waals surface area contributed by atoms with Crippen LogP contribution in [0, 0.1) is 0 Å². The second kappa shape index (κ2) is 6.36. The lowest BCUT2D eigenvalue weighted by atomic mass is 10.3. The van der Waals surface area contributed by atoms with Crippen LogP contribution in [0.15, 0.2) is 25.5 Å². The molecule has 0 aliphatic rings. The summed E-state index contributed by atoms with van der Waals surface area (Å²) in [6, 6.07) is 4.04. The molecule has 2 aromatic rings. The highest BCUT2D eigenvalue weighted by molar-refractivity contribution is 9.11. The van der Waals surface area contributed by atoms with Gasteiger partial charge in [0.1, 0.15) is 5.75 Å². The van der Waals surface area contributed by atoms with Gasteiger partial charge in [-0.1, -0.05) is 5.10 Å². The van der Waals surface area contributed by atoms with Gasteiger partial charge < -0.3 is 19.8 Å². The first-order valence-corrected chi connectivity index (χ1v) is 6.99. The fraction of sp³-hybridized carbons (Fsp3) is 0.273. The Morgan fingerprint density at radius 3 is 2.74 bits per heavy atom. The summed E-state index contributed by atoms with van der Waals surface area (Å²) in [4.78, 5) is 0. The van der Waals surface area contributed by atoms with Gasteiger partial charge in [-0.3, -0.25) is 0 Å². The van der Waals surface area contributed by atoms with Crippen molar-refractivity contribution in [2.24, 2.45) is 0 Å². The second-order valence-corrected chi connectivity index (χ2v) is 5.33. The molecule has 102 valence electrons. The molecule has 0 saturated heterocycles. The number of ether oxygens (including phenoxy) is 1. The highest BCUT2D eigenvalue weighted by Crippen LogP contribution is 2.35. The number of rotatable bonds is 5. The molecule has 1 heterocycles. The average Bonchev–Trinajstić information content (AvgIpc) is 2.81. The van der Waals surface area contributed by atoms with Crippen molar-refractivity contribution in [3.8, 4) is 5.75 Å². The van der Waals surface area contributed by atoms with Crippen LogP contribution in [0.4, 0.5) is 11.7 Å². The van der Waals surface area contributed by atoms with Gasteiger partial charge in [0.15, 0.2) is 0 Å². The van der Waals surface area contributed by atoms with Crippen LogP contribution in [0.5, 0.6) is 5.75 Å². The lowest BCUT2D eigenvalue weighted by molar-refractivity contribution is 0.412. The summed E-state index contributed by atoms with van der Waals surface area (Å²) in [5.41, 5.74) is 0.778. The standard InChI is InChI=1S/C11H12Br2N4O2/c1-14-5-10-16-17-11(19-10)15-8-4-9(18-2)7(13)3-6(8)12/h3-4,14H,5H2,1-2H3,(H,15,17). The smallest absolute Gasteiger partial charge is 0.320 e. The molecular formula is C11H12Br2N4O2. The van der Waals surface area contributed by atoms with E-state index < -0.39 is 0 Å². The largest absolute Gasteiger partial charge is 0.495 e. The van der Waals surface area contributed by atoms with E-state index in [1.54, 1.807) is 7.11 Å². The van der Waals surface area contributed by atoms with E-state index in [9.17, 15) is 0 Å². The number of aromatic nitrogens is 2. The zero-order valence-electron chi connectivity index (χ0n) is 10.3. The van der Waals surface area contributed by atoms with Crippen LogP contribution in [-0.2, 0) is 6.54 Å². The fourth-order valence-corrected chi connectivity index (χ4v) is 2.68. The van der Waals surface area contributed by atoms with E-state index >= 15 is 0 Å². The number of hydrogen-bond donors (Lipinski definition) is 2. The van der Waals surface area contributed by atoms with E-state index in [0.29, 0.717) is 24.2 Å². The number of anilines is 2. The summed E-state index contributed by atoms with van der Waals surface area (Å²) >= 11 is 6.86. The molecule has 2 N–H and O–H groups in total. The van der Waals surface area contributed by atoms with Crippen LogP contribution in [0.25, 0.3) is 0 Å². The fourth-order valence-electron chi connectivity index (χ4n) is 1.42. The van der Waals surface area contributed by atoms with E-state index in [1.807, 2.05) is 19.2 Å². The van der Waals surface area contributed by atoms with Crippen molar-refractivity contribution in [1.29, 1.82) is 0 Å². The summed E-state index contributed by atoms with van der Waals surface area (Å²) in [6.07, 6.45) is 0. The zero-order valence-corrected chi connectivity index (χ0v) is 13.5. The number of nitrogens with one attached hydrogen (secondary N) is 2. The van der Waals surface area contributed by atoms with Crippen LogP contribution >= 0.6 is 31.9 Å². The highest BCUT2D eigenvalue weighted by atomic mass is 79.9. The molecule has 0 aliphatic carbocycles. The van der Waals surface area contributed by atoms with E-state index in [1.165, 1.54) is 0 Å². The first kappa shape index (κ1) is 14.3. The number of halogens is 2. The van der Waals surface area contributed by atoms with Gasteiger partial charge in [0.25, 0.3) is 0 Å². The van der Waals surface area contributed by atoms with Gasteiger partial charge >= 0.3 is 6.01 Å². The Hall–Kier alpha value is -1.12. The van der Waals surface area contributed by atoms with Crippen molar-refractivity contribution < 1.29 is 9.15 Å². The van der Waals surface area contributed by atoms with Crippen molar-refractivity contribution in [2.45, 2.75) is 6.54 Å². The Balaban J connectivity index is 2.22. The second-order valence-electron chi connectivity index (χ2n) is 3.62. The van der Waals surface area contributed by atoms with E-state index in [4.69, 9.17) is 9.15 Å². The third-order valence-corrected chi connectivity index (χ3v) is 3.55. The van der Waals surface area contributed by atoms with Crippen molar-refractivity contribution in [3.05, 3.63) is 27.0 Å². The van der Waals surface area contributed by atoms with Gasteiger partial charge in [0.05, 0.1) is 23.8 Å². The average molecular weight is 392 g/mol. The predicted molar refractivity (Wildman–Crippen MR) is 78.7 cm³/mol. The molecule has 0 aliphatic heterocycles. The van der Waals surface area contributed by atoms with Crippen LogP contribution < -0.4 is 15.4 Å². The molecular weight excluding hydrogens is 380 g/mol. The van der Waals surface area contributed by atoms with E-state index in [-0.39, 0.29) is 0 Å². The third-order valence-electron chi connectivity index (χ3n) is 2.28. The maximum absolute atomic E-state index is 5.42. The normalized spacial score (nSPS) is 10.5. The van der Waals surface area contributed by atoms with E-state index in [0.717, 1.165) is 14.6 Å². The monoisotopic (exact) mass is 390 g/mol. The SMILES string of the molecule is CNCc1nnc(Nc2cc(OC)c(Br)cc2Br)o1. The Labute approximate surface area is 127 Å². The summed E-state index contributed by atoms with van der Waals surface area (Å²) in [5.74, 6) is 1.23. The van der Waals surface area contributed by atoms with Crippen LogP contribution in [0.2, 0.25) is 0 Å². The lowest BCUT2D eigenvalue weighted by Crippen LogP contribution is -2.04. The van der Waals surface area contributed by atoms with Crippen molar-refractivity contribution >= 4 is 43.6 Å². The maximum Gasteiger partial charge on any atom is 0.320 e. The Kier molecular flexibility index (Phi) is 4.78. The Morgan fingerprint density at radius 2 is 2.05 bits per heavy atom. The van der Waals surface area contributed by atoms with Gasteiger partial charge in [-0.25, -0.2) is 0 Å². The molecule has 0 atom stereocenters. The third kappa shape index (κ3) is 3.46. The minimum absolute atomic E-state index is 0.329. The van der Waals surface area contributed by atoms with Crippen molar-refractivity contribution in [3.63, 3.8) is 0 Å². The minimum atomic E-state index is 0.329. The van der Waals surface area contributed by atoms with E-state index in [2.05, 4.69) is 52.7 Å². The summed E-state index contributed by atoms with van der Waals surface area (Å²) in [6.45, 7) is 0.527. The molecule has 6 nitrogen and oxygen atoms in total. The van der Waals surface area contributed by atoms with Crippen molar-refractivity contribution in [1.82, 2.24) is 15.5 Å². The lowest BCUT2D eigenvalue weighted by Gasteiger charge is -2.09.